The Morgan fingerprint density at radius 2 is 2.50 bits per heavy atom. The molecule has 4 heteroatoms. The molecular weight excluding hydrogens is 170 g/mol. The summed E-state index contributed by atoms with van der Waals surface area (Å²) in [5.74, 6) is 1.07. The first-order valence-corrected chi connectivity index (χ1v) is 5.04. The minimum atomic E-state index is 0.300. The summed E-state index contributed by atoms with van der Waals surface area (Å²) in [5, 5.41) is 4.08. The minimum Gasteiger partial charge on any atom is -0.328 e. The number of aryl methyl sites for hydroxylation is 1. The van der Waals surface area contributed by atoms with E-state index in [1.807, 2.05) is 31.0 Å². The highest BCUT2D eigenvalue weighted by atomic mass is 32.2. The van der Waals surface area contributed by atoms with Crippen molar-refractivity contribution < 1.29 is 0 Å². The standard InChI is InChI=1S/C8H15N3S/c1-7(9)3-4-12-8-5-10-11(2)6-8/h5-7H,3-4,9H2,1-2H3. The fraction of sp³-hybridized carbons (Fsp3) is 0.625. The van der Waals surface area contributed by atoms with Crippen LogP contribution in [0.2, 0.25) is 0 Å². The molecule has 68 valence electrons. The van der Waals surface area contributed by atoms with Crippen molar-refractivity contribution in [2.45, 2.75) is 24.3 Å². The van der Waals surface area contributed by atoms with Gasteiger partial charge in [0.05, 0.1) is 6.20 Å². The van der Waals surface area contributed by atoms with Crippen LogP contribution in [0.15, 0.2) is 17.3 Å². The van der Waals surface area contributed by atoms with E-state index in [0.717, 1.165) is 12.2 Å². The molecule has 0 saturated heterocycles. The van der Waals surface area contributed by atoms with Gasteiger partial charge < -0.3 is 5.73 Å². The highest BCUT2D eigenvalue weighted by molar-refractivity contribution is 7.99. The smallest absolute Gasteiger partial charge is 0.0625 e. The van der Waals surface area contributed by atoms with Gasteiger partial charge in [0.25, 0.3) is 0 Å². The van der Waals surface area contributed by atoms with E-state index in [2.05, 4.69) is 5.10 Å². The molecule has 2 N–H and O–H groups in total. The Kier molecular flexibility index (Phi) is 3.62. The molecule has 1 aromatic heterocycles. The summed E-state index contributed by atoms with van der Waals surface area (Å²) in [6, 6.07) is 0.300. The lowest BCUT2D eigenvalue weighted by Crippen LogP contribution is -2.15. The quantitative estimate of drug-likeness (QED) is 0.718. The number of hydrogen-bond donors (Lipinski definition) is 1. The van der Waals surface area contributed by atoms with Gasteiger partial charge in [0, 0.05) is 24.2 Å². The largest absolute Gasteiger partial charge is 0.328 e. The molecule has 0 bridgehead atoms. The minimum absolute atomic E-state index is 0.300. The summed E-state index contributed by atoms with van der Waals surface area (Å²) in [5.41, 5.74) is 5.63. The Morgan fingerprint density at radius 3 is 3.00 bits per heavy atom. The summed E-state index contributed by atoms with van der Waals surface area (Å²) in [4.78, 5) is 1.22. The fourth-order valence-corrected chi connectivity index (χ4v) is 1.91. The van der Waals surface area contributed by atoms with E-state index < -0.39 is 0 Å². The van der Waals surface area contributed by atoms with E-state index in [1.165, 1.54) is 4.90 Å². The number of hydrogen-bond acceptors (Lipinski definition) is 3. The van der Waals surface area contributed by atoms with Crippen LogP contribution in [0.25, 0.3) is 0 Å². The molecule has 3 nitrogen and oxygen atoms in total. The third-order valence-electron chi connectivity index (χ3n) is 1.52. The van der Waals surface area contributed by atoms with Crippen molar-refractivity contribution >= 4 is 11.8 Å². The lowest BCUT2D eigenvalue weighted by molar-refractivity contribution is 0.721. The topological polar surface area (TPSA) is 43.8 Å². The molecule has 1 aromatic rings. The highest BCUT2D eigenvalue weighted by Gasteiger charge is 1.98. The maximum Gasteiger partial charge on any atom is 0.0625 e. The molecule has 0 spiro atoms. The van der Waals surface area contributed by atoms with Crippen LogP contribution in [0, 0.1) is 0 Å². The molecule has 0 saturated carbocycles. The predicted octanol–water partition coefficient (Wildman–Crippen LogP) is 1.25. The Morgan fingerprint density at radius 1 is 1.75 bits per heavy atom. The van der Waals surface area contributed by atoms with E-state index in [9.17, 15) is 0 Å². The molecule has 0 aliphatic carbocycles. The molecule has 0 radical (unpaired) electrons. The molecule has 0 aliphatic rings. The number of nitrogens with two attached hydrogens (primary N) is 1. The van der Waals surface area contributed by atoms with Crippen LogP contribution >= 0.6 is 11.8 Å². The first-order chi connectivity index (χ1) is 5.68. The van der Waals surface area contributed by atoms with Crippen LogP contribution in [-0.2, 0) is 7.05 Å². The van der Waals surface area contributed by atoms with E-state index in [-0.39, 0.29) is 0 Å². The van der Waals surface area contributed by atoms with Crippen molar-refractivity contribution in [2.24, 2.45) is 12.8 Å². The lowest BCUT2D eigenvalue weighted by Gasteiger charge is -2.01. The average molecular weight is 185 g/mol. The van der Waals surface area contributed by atoms with Crippen molar-refractivity contribution in [3.05, 3.63) is 12.4 Å². The molecule has 12 heavy (non-hydrogen) atoms. The zero-order valence-corrected chi connectivity index (χ0v) is 8.34. The van der Waals surface area contributed by atoms with Gasteiger partial charge in [0.1, 0.15) is 0 Å². The molecular formula is C8H15N3S. The van der Waals surface area contributed by atoms with Crippen LogP contribution in [-0.4, -0.2) is 21.6 Å². The number of rotatable bonds is 4. The van der Waals surface area contributed by atoms with Gasteiger partial charge in [0.15, 0.2) is 0 Å². The maximum absolute atomic E-state index is 5.63. The molecule has 0 aromatic carbocycles. The van der Waals surface area contributed by atoms with Crippen molar-refractivity contribution in [1.29, 1.82) is 0 Å². The van der Waals surface area contributed by atoms with Gasteiger partial charge >= 0.3 is 0 Å². The first kappa shape index (κ1) is 9.61. The summed E-state index contributed by atoms with van der Waals surface area (Å²) in [6.07, 6.45) is 4.96. The zero-order valence-electron chi connectivity index (χ0n) is 7.53. The Bertz CT molecular complexity index is 232. The van der Waals surface area contributed by atoms with E-state index >= 15 is 0 Å². The van der Waals surface area contributed by atoms with Gasteiger partial charge in [-0.1, -0.05) is 0 Å². The number of thioether (sulfide) groups is 1. The Labute approximate surface area is 77.3 Å². The van der Waals surface area contributed by atoms with E-state index in [0.29, 0.717) is 6.04 Å². The third-order valence-corrected chi connectivity index (χ3v) is 2.51. The molecule has 1 atom stereocenters. The van der Waals surface area contributed by atoms with Gasteiger partial charge in [0.2, 0.25) is 0 Å². The van der Waals surface area contributed by atoms with Crippen LogP contribution < -0.4 is 5.73 Å². The van der Waals surface area contributed by atoms with Crippen LogP contribution in [0.3, 0.4) is 0 Å². The maximum atomic E-state index is 5.63. The van der Waals surface area contributed by atoms with Gasteiger partial charge in [-0.05, 0) is 19.1 Å². The molecule has 0 amide bonds. The van der Waals surface area contributed by atoms with Crippen LogP contribution in [0.1, 0.15) is 13.3 Å². The lowest BCUT2D eigenvalue weighted by atomic mass is 10.3. The predicted molar refractivity (Wildman–Crippen MR) is 52.2 cm³/mol. The van der Waals surface area contributed by atoms with Crippen LogP contribution in [0.5, 0.6) is 0 Å². The second-order valence-electron chi connectivity index (χ2n) is 2.96. The fourth-order valence-electron chi connectivity index (χ4n) is 0.836. The van der Waals surface area contributed by atoms with Gasteiger partial charge in [-0.3, -0.25) is 4.68 Å². The van der Waals surface area contributed by atoms with Crippen LogP contribution in [0.4, 0.5) is 0 Å². The summed E-state index contributed by atoms with van der Waals surface area (Å²) in [6.45, 7) is 2.03. The van der Waals surface area contributed by atoms with Gasteiger partial charge in [-0.25, -0.2) is 0 Å². The molecule has 1 heterocycles. The zero-order chi connectivity index (χ0) is 8.97. The van der Waals surface area contributed by atoms with Crippen molar-refractivity contribution in [3.8, 4) is 0 Å². The number of nitrogens with zero attached hydrogens (tertiary/aromatic N) is 2. The highest BCUT2D eigenvalue weighted by Crippen LogP contribution is 2.17. The Balaban J connectivity index is 2.24. The number of aromatic nitrogens is 2. The van der Waals surface area contributed by atoms with Crippen molar-refractivity contribution in [3.63, 3.8) is 0 Å². The second-order valence-corrected chi connectivity index (χ2v) is 4.13. The average Bonchev–Trinajstić information content (AvgIpc) is 2.35. The Hall–Kier alpha value is -0.480. The second kappa shape index (κ2) is 4.52. The van der Waals surface area contributed by atoms with Gasteiger partial charge in [-0.15, -0.1) is 11.8 Å². The van der Waals surface area contributed by atoms with Gasteiger partial charge in [-0.2, -0.15) is 5.10 Å². The SMILES string of the molecule is CC(N)CCSc1cnn(C)c1. The molecule has 0 aliphatic heterocycles. The first-order valence-electron chi connectivity index (χ1n) is 4.05. The normalized spacial score (nSPS) is 13.2. The molecule has 1 unspecified atom stereocenters. The molecule has 0 fully saturated rings. The summed E-state index contributed by atoms with van der Waals surface area (Å²) < 4.78 is 1.81. The van der Waals surface area contributed by atoms with Crippen molar-refractivity contribution in [1.82, 2.24) is 9.78 Å². The van der Waals surface area contributed by atoms with Crippen molar-refractivity contribution in [2.75, 3.05) is 5.75 Å². The molecule has 1 rings (SSSR count). The van der Waals surface area contributed by atoms with E-state index in [1.54, 1.807) is 11.8 Å². The summed E-state index contributed by atoms with van der Waals surface area (Å²) >= 11 is 1.81. The van der Waals surface area contributed by atoms with E-state index in [4.69, 9.17) is 5.73 Å². The monoisotopic (exact) mass is 185 g/mol. The third kappa shape index (κ3) is 3.28. The summed E-state index contributed by atoms with van der Waals surface area (Å²) in [7, 11) is 1.93.